The normalized spacial score (nSPS) is 12.2. The van der Waals surface area contributed by atoms with E-state index in [-0.39, 0.29) is 17.7 Å². The topological polar surface area (TPSA) is 81.2 Å². The van der Waals surface area contributed by atoms with Crippen LogP contribution in [0.5, 0.6) is 0 Å². The summed E-state index contributed by atoms with van der Waals surface area (Å²) in [7, 11) is 0. The number of amides is 1. The van der Waals surface area contributed by atoms with Gasteiger partial charge in [0.2, 0.25) is 5.76 Å². The largest absolute Gasteiger partial charge is 0.351 e. The lowest BCUT2D eigenvalue weighted by Crippen LogP contribution is -2.11. The lowest BCUT2D eigenvalue weighted by Gasteiger charge is -2.07. The van der Waals surface area contributed by atoms with Crippen LogP contribution in [0.1, 0.15) is 34.8 Å². The molecule has 0 aliphatic carbocycles. The van der Waals surface area contributed by atoms with Crippen molar-refractivity contribution in [3.05, 3.63) is 47.3 Å². The number of nitrogens with two attached hydrogens (primary N) is 1. The van der Waals surface area contributed by atoms with Crippen LogP contribution in [0.25, 0.3) is 0 Å². The third kappa shape index (κ3) is 2.75. The quantitative estimate of drug-likeness (QED) is 0.869. The van der Waals surface area contributed by atoms with E-state index in [9.17, 15) is 4.79 Å². The first kappa shape index (κ1) is 12.3. The van der Waals surface area contributed by atoms with Gasteiger partial charge in [-0.2, -0.15) is 0 Å². The molecule has 0 fully saturated rings. The second-order valence-corrected chi connectivity index (χ2v) is 4.20. The van der Waals surface area contributed by atoms with Gasteiger partial charge in [0.15, 0.2) is 0 Å². The van der Waals surface area contributed by atoms with Crippen LogP contribution in [0, 0.1) is 6.92 Å². The summed E-state index contributed by atoms with van der Waals surface area (Å²) in [5.74, 6) is -0.118. The number of aromatic nitrogens is 1. The number of anilines is 1. The van der Waals surface area contributed by atoms with Gasteiger partial charge in [-0.25, -0.2) is 0 Å². The Morgan fingerprint density at radius 3 is 2.56 bits per heavy atom. The third-order valence-electron chi connectivity index (χ3n) is 2.55. The molecule has 18 heavy (non-hydrogen) atoms. The molecule has 0 spiro atoms. The molecule has 1 aromatic carbocycles. The number of benzene rings is 1. The van der Waals surface area contributed by atoms with E-state index in [0.29, 0.717) is 11.4 Å². The molecular formula is C13H15N3O2. The van der Waals surface area contributed by atoms with Gasteiger partial charge in [-0.3, -0.25) is 4.79 Å². The fourth-order valence-electron chi connectivity index (χ4n) is 1.53. The second-order valence-electron chi connectivity index (χ2n) is 4.20. The number of aryl methyl sites for hydroxylation is 1. The number of hydrogen-bond donors (Lipinski definition) is 2. The van der Waals surface area contributed by atoms with Crippen LogP contribution in [-0.4, -0.2) is 11.1 Å². The Morgan fingerprint density at radius 2 is 2.06 bits per heavy atom. The van der Waals surface area contributed by atoms with Crippen LogP contribution in [0.2, 0.25) is 0 Å². The smallest absolute Gasteiger partial charge is 0.294 e. The first-order valence-electron chi connectivity index (χ1n) is 5.66. The highest BCUT2D eigenvalue weighted by molar-refractivity contribution is 6.02. The molecule has 94 valence electrons. The minimum Gasteiger partial charge on any atom is -0.351 e. The molecule has 1 amide bonds. The predicted molar refractivity (Wildman–Crippen MR) is 68.2 cm³/mol. The molecule has 1 unspecified atom stereocenters. The van der Waals surface area contributed by atoms with Crippen LogP contribution in [-0.2, 0) is 0 Å². The zero-order valence-electron chi connectivity index (χ0n) is 10.3. The molecule has 5 nitrogen and oxygen atoms in total. The highest BCUT2D eigenvalue weighted by Gasteiger charge is 2.11. The van der Waals surface area contributed by atoms with Crippen molar-refractivity contribution in [2.45, 2.75) is 19.9 Å². The van der Waals surface area contributed by atoms with E-state index in [2.05, 4.69) is 10.5 Å². The van der Waals surface area contributed by atoms with Crippen LogP contribution in [0.3, 0.4) is 0 Å². The summed E-state index contributed by atoms with van der Waals surface area (Å²) in [6.07, 6.45) is 0. The Labute approximate surface area is 105 Å². The summed E-state index contributed by atoms with van der Waals surface area (Å²) in [4.78, 5) is 11.8. The van der Waals surface area contributed by atoms with Crippen molar-refractivity contribution in [1.82, 2.24) is 5.16 Å². The Morgan fingerprint density at radius 1 is 1.39 bits per heavy atom. The lowest BCUT2D eigenvalue weighted by atomic mass is 10.1. The molecule has 0 aliphatic rings. The van der Waals surface area contributed by atoms with Gasteiger partial charge in [0, 0.05) is 17.8 Å². The Hall–Kier alpha value is -2.14. The van der Waals surface area contributed by atoms with Gasteiger partial charge in [-0.05, 0) is 31.5 Å². The maximum atomic E-state index is 11.8. The van der Waals surface area contributed by atoms with Crippen molar-refractivity contribution in [2.75, 3.05) is 5.32 Å². The van der Waals surface area contributed by atoms with Gasteiger partial charge in [0.25, 0.3) is 5.91 Å². The van der Waals surface area contributed by atoms with E-state index in [4.69, 9.17) is 10.3 Å². The van der Waals surface area contributed by atoms with Gasteiger partial charge in [0.1, 0.15) is 0 Å². The molecule has 0 saturated heterocycles. The zero-order valence-corrected chi connectivity index (χ0v) is 10.3. The van der Waals surface area contributed by atoms with Crippen LogP contribution >= 0.6 is 0 Å². The highest BCUT2D eigenvalue weighted by atomic mass is 16.5. The first-order chi connectivity index (χ1) is 8.56. The van der Waals surface area contributed by atoms with Crippen LogP contribution < -0.4 is 11.1 Å². The zero-order chi connectivity index (χ0) is 13.1. The molecule has 3 N–H and O–H groups in total. The number of rotatable bonds is 3. The summed E-state index contributed by atoms with van der Waals surface area (Å²) in [6, 6.07) is 8.94. The molecular weight excluding hydrogens is 230 g/mol. The van der Waals surface area contributed by atoms with Crippen molar-refractivity contribution in [3.63, 3.8) is 0 Å². The van der Waals surface area contributed by atoms with Crippen molar-refractivity contribution in [1.29, 1.82) is 0 Å². The van der Waals surface area contributed by atoms with E-state index >= 15 is 0 Å². The fraction of sp³-hybridized carbons (Fsp3) is 0.231. The second kappa shape index (κ2) is 5.01. The standard InChI is InChI=1S/C13H15N3O2/c1-8-7-12(18-16-8)13(17)15-11-5-3-10(4-6-11)9(2)14/h3-7,9H,14H2,1-2H3,(H,15,17). The number of nitrogens with zero attached hydrogens (tertiary/aromatic N) is 1. The minimum atomic E-state index is -0.316. The number of hydrogen-bond acceptors (Lipinski definition) is 4. The molecule has 0 bridgehead atoms. The van der Waals surface area contributed by atoms with Crippen LogP contribution in [0.15, 0.2) is 34.9 Å². The van der Waals surface area contributed by atoms with Crippen molar-refractivity contribution in [3.8, 4) is 0 Å². The molecule has 2 aromatic rings. The third-order valence-corrected chi connectivity index (χ3v) is 2.55. The predicted octanol–water partition coefficient (Wildman–Crippen LogP) is 2.26. The number of carbonyl (C=O) groups excluding carboxylic acids is 1. The fourth-order valence-corrected chi connectivity index (χ4v) is 1.53. The maximum absolute atomic E-state index is 11.8. The molecule has 0 radical (unpaired) electrons. The van der Waals surface area contributed by atoms with Gasteiger partial charge in [-0.1, -0.05) is 17.3 Å². The van der Waals surface area contributed by atoms with Gasteiger partial charge in [0.05, 0.1) is 5.69 Å². The monoisotopic (exact) mass is 245 g/mol. The first-order valence-corrected chi connectivity index (χ1v) is 5.66. The molecule has 1 aromatic heterocycles. The maximum Gasteiger partial charge on any atom is 0.294 e. The minimum absolute atomic E-state index is 0.0216. The molecule has 1 heterocycles. The van der Waals surface area contributed by atoms with E-state index in [1.54, 1.807) is 25.1 Å². The van der Waals surface area contributed by atoms with Crippen molar-refractivity contribution >= 4 is 11.6 Å². The Bertz CT molecular complexity index is 544. The molecule has 1 atom stereocenters. The van der Waals surface area contributed by atoms with Crippen molar-refractivity contribution < 1.29 is 9.32 Å². The van der Waals surface area contributed by atoms with Gasteiger partial charge >= 0.3 is 0 Å². The van der Waals surface area contributed by atoms with E-state index in [1.165, 1.54) is 0 Å². The molecule has 5 heteroatoms. The Kier molecular flexibility index (Phi) is 3.43. The average Bonchev–Trinajstić information content (AvgIpc) is 2.76. The Balaban J connectivity index is 2.07. The summed E-state index contributed by atoms with van der Waals surface area (Å²) >= 11 is 0. The van der Waals surface area contributed by atoms with E-state index in [1.807, 2.05) is 19.1 Å². The summed E-state index contributed by atoms with van der Waals surface area (Å²) in [5, 5.41) is 6.39. The summed E-state index contributed by atoms with van der Waals surface area (Å²) in [6.45, 7) is 3.67. The molecule has 0 saturated carbocycles. The van der Waals surface area contributed by atoms with E-state index in [0.717, 1.165) is 5.56 Å². The average molecular weight is 245 g/mol. The molecule has 0 aliphatic heterocycles. The van der Waals surface area contributed by atoms with Crippen LogP contribution in [0.4, 0.5) is 5.69 Å². The van der Waals surface area contributed by atoms with Crippen molar-refractivity contribution in [2.24, 2.45) is 5.73 Å². The number of nitrogens with one attached hydrogen (secondary N) is 1. The van der Waals surface area contributed by atoms with Gasteiger partial charge in [-0.15, -0.1) is 0 Å². The SMILES string of the molecule is Cc1cc(C(=O)Nc2ccc(C(C)N)cc2)on1. The van der Waals surface area contributed by atoms with Gasteiger partial charge < -0.3 is 15.6 Å². The summed E-state index contributed by atoms with van der Waals surface area (Å²) < 4.78 is 4.88. The molecule has 2 rings (SSSR count). The lowest BCUT2D eigenvalue weighted by molar-refractivity contribution is 0.0988. The highest BCUT2D eigenvalue weighted by Crippen LogP contribution is 2.15. The number of carbonyl (C=O) groups is 1. The summed E-state index contributed by atoms with van der Waals surface area (Å²) in [5.41, 5.74) is 8.13. The van der Waals surface area contributed by atoms with E-state index < -0.39 is 0 Å².